The third-order valence-corrected chi connectivity index (χ3v) is 4.80. The van der Waals surface area contributed by atoms with Crippen LogP contribution >= 0.6 is 0 Å². The number of carbonyl (C=O) groups is 2. The minimum absolute atomic E-state index is 0.155. The maximum absolute atomic E-state index is 11.8. The first-order valence-electron chi connectivity index (χ1n) is 11.6. The number of rotatable bonds is 19. The third kappa shape index (κ3) is 26.4. The van der Waals surface area contributed by atoms with Crippen LogP contribution in [0.25, 0.3) is 0 Å². The van der Waals surface area contributed by atoms with Crippen LogP contribution in [0, 0.1) is 5.92 Å². The van der Waals surface area contributed by atoms with E-state index in [-0.39, 0.29) is 11.9 Å². The van der Waals surface area contributed by atoms with Crippen molar-refractivity contribution in [3.63, 3.8) is 0 Å². The highest BCUT2D eigenvalue weighted by Crippen LogP contribution is 2.16. The molecule has 0 heterocycles. The number of carboxylic acids is 1. The number of aliphatic carboxylic acids is 1. The molecule has 0 rings (SSSR count). The lowest BCUT2D eigenvalue weighted by atomic mass is 10.00. The average molecular weight is 411 g/mol. The molecular weight excluding hydrogens is 364 g/mol. The summed E-state index contributed by atoms with van der Waals surface area (Å²) in [5.74, 6) is -1.15. The molecule has 1 atom stereocenters. The fraction of sp³-hybridized carbons (Fsp3) is 0.760. The second-order valence-electron chi connectivity index (χ2n) is 7.66. The van der Waals surface area contributed by atoms with Crippen molar-refractivity contribution in [2.24, 2.45) is 5.92 Å². The average Bonchev–Trinajstić information content (AvgIpc) is 2.68. The number of esters is 1. The van der Waals surface area contributed by atoms with Gasteiger partial charge in [0, 0.05) is 6.92 Å². The first kappa shape index (κ1) is 29.6. The van der Waals surface area contributed by atoms with E-state index < -0.39 is 5.97 Å². The number of ether oxygens (including phenoxy) is 1. The van der Waals surface area contributed by atoms with Crippen LogP contribution in [0.5, 0.6) is 0 Å². The second-order valence-corrected chi connectivity index (χ2v) is 7.66. The number of carboxylic acid groups (broad SMARTS) is 1. The van der Waals surface area contributed by atoms with Crippen LogP contribution in [0.1, 0.15) is 110 Å². The minimum atomic E-state index is -0.833. The Balaban J connectivity index is 0. The van der Waals surface area contributed by atoms with Gasteiger partial charge in [0.2, 0.25) is 0 Å². The van der Waals surface area contributed by atoms with E-state index in [0.717, 1.165) is 19.8 Å². The molecule has 0 spiro atoms. The van der Waals surface area contributed by atoms with Crippen LogP contribution in [-0.4, -0.2) is 23.7 Å². The molecule has 1 N–H and O–H groups in total. The Morgan fingerprint density at radius 1 is 0.828 bits per heavy atom. The lowest BCUT2D eigenvalue weighted by molar-refractivity contribution is -0.145. The highest BCUT2D eigenvalue weighted by atomic mass is 16.5. The standard InChI is InChI=1S/C23H42O2.C2H4O2/c1-4-7-8-9-10-11-12-13-14-15-16-17-18-19-20-22(6-3)23(24)25-21-5-2;1-2(3)4/h5-6,22H,2-4,7-21H2,1H3;1H3,(H,3,4). The molecule has 0 aromatic carbocycles. The highest BCUT2D eigenvalue weighted by Gasteiger charge is 2.15. The van der Waals surface area contributed by atoms with Gasteiger partial charge in [-0.05, 0) is 6.42 Å². The number of hydrogen-bond acceptors (Lipinski definition) is 3. The molecule has 0 aromatic heterocycles. The molecule has 0 bridgehead atoms. The predicted molar refractivity (Wildman–Crippen MR) is 123 cm³/mol. The molecule has 4 nitrogen and oxygen atoms in total. The Morgan fingerprint density at radius 2 is 1.21 bits per heavy atom. The predicted octanol–water partition coefficient (Wildman–Crippen LogP) is 7.48. The first-order valence-corrected chi connectivity index (χ1v) is 11.6. The van der Waals surface area contributed by atoms with Crippen LogP contribution in [0.2, 0.25) is 0 Å². The van der Waals surface area contributed by atoms with Crippen LogP contribution in [0.3, 0.4) is 0 Å². The molecule has 0 aliphatic rings. The fourth-order valence-corrected chi connectivity index (χ4v) is 3.14. The Morgan fingerprint density at radius 3 is 1.55 bits per heavy atom. The van der Waals surface area contributed by atoms with E-state index in [1.165, 1.54) is 83.5 Å². The lowest BCUT2D eigenvalue weighted by Gasteiger charge is -2.11. The zero-order valence-corrected chi connectivity index (χ0v) is 19.1. The molecule has 0 aliphatic heterocycles. The quantitative estimate of drug-likeness (QED) is 0.136. The van der Waals surface area contributed by atoms with Gasteiger partial charge in [0.15, 0.2) is 0 Å². The van der Waals surface area contributed by atoms with Crippen molar-refractivity contribution in [3.05, 3.63) is 25.3 Å². The molecule has 170 valence electrons. The van der Waals surface area contributed by atoms with E-state index in [1.54, 1.807) is 12.2 Å². The summed E-state index contributed by atoms with van der Waals surface area (Å²) >= 11 is 0. The smallest absolute Gasteiger partial charge is 0.313 e. The summed E-state index contributed by atoms with van der Waals surface area (Å²) in [5, 5.41) is 7.42. The molecule has 29 heavy (non-hydrogen) atoms. The zero-order valence-electron chi connectivity index (χ0n) is 19.1. The number of unbranched alkanes of at least 4 members (excludes halogenated alkanes) is 13. The van der Waals surface area contributed by atoms with Crippen LogP contribution in [0.15, 0.2) is 25.3 Å². The summed E-state index contributed by atoms with van der Waals surface area (Å²) in [6.07, 6.45) is 23.1. The normalized spacial score (nSPS) is 11.1. The van der Waals surface area contributed by atoms with Gasteiger partial charge in [-0.3, -0.25) is 9.59 Å². The van der Waals surface area contributed by atoms with Gasteiger partial charge in [-0.15, -0.1) is 6.58 Å². The summed E-state index contributed by atoms with van der Waals surface area (Å²) in [6, 6.07) is 0. The van der Waals surface area contributed by atoms with Crippen LogP contribution in [0.4, 0.5) is 0 Å². The molecule has 0 saturated heterocycles. The SMILES string of the molecule is C=CCOC(=O)C(C=C)CCCCCCCCCCCCCCCC.CC(=O)O. The molecular formula is C25H46O4. The van der Waals surface area contributed by atoms with Gasteiger partial charge in [-0.1, -0.05) is 116 Å². The summed E-state index contributed by atoms with van der Waals surface area (Å²) < 4.78 is 5.09. The van der Waals surface area contributed by atoms with E-state index in [9.17, 15) is 4.79 Å². The monoisotopic (exact) mass is 410 g/mol. The van der Waals surface area contributed by atoms with Crippen molar-refractivity contribution in [1.82, 2.24) is 0 Å². The van der Waals surface area contributed by atoms with Gasteiger partial charge in [-0.25, -0.2) is 0 Å². The van der Waals surface area contributed by atoms with Crippen molar-refractivity contribution in [3.8, 4) is 0 Å². The lowest BCUT2D eigenvalue weighted by Crippen LogP contribution is -2.15. The van der Waals surface area contributed by atoms with Gasteiger partial charge in [0.05, 0.1) is 5.92 Å². The molecule has 0 aromatic rings. The summed E-state index contributed by atoms with van der Waals surface area (Å²) in [5.41, 5.74) is 0. The first-order chi connectivity index (χ1) is 14.0. The molecule has 1 unspecified atom stereocenters. The highest BCUT2D eigenvalue weighted by molar-refractivity contribution is 5.74. The largest absolute Gasteiger partial charge is 0.481 e. The van der Waals surface area contributed by atoms with Crippen molar-refractivity contribution in [2.45, 2.75) is 110 Å². The van der Waals surface area contributed by atoms with Gasteiger partial charge in [-0.2, -0.15) is 0 Å². The van der Waals surface area contributed by atoms with Gasteiger partial charge in [0.25, 0.3) is 5.97 Å². The minimum Gasteiger partial charge on any atom is -0.481 e. The third-order valence-electron chi connectivity index (χ3n) is 4.80. The molecule has 0 amide bonds. The van der Waals surface area contributed by atoms with Crippen molar-refractivity contribution >= 4 is 11.9 Å². The molecule has 0 fully saturated rings. The van der Waals surface area contributed by atoms with Gasteiger partial charge < -0.3 is 9.84 Å². The molecule has 0 saturated carbocycles. The molecule has 4 heteroatoms. The topological polar surface area (TPSA) is 63.6 Å². The zero-order chi connectivity index (χ0) is 22.2. The second kappa shape index (κ2) is 24.5. The summed E-state index contributed by atoms with van der Waals surface area (Å²) in [6.45, 7) is 11.0. The Hall–Kier alpha value is -1.58. The Labute approximate surface area is 179 Å². The Kier molecular flexibility index (Phi) is 25.0. The number of hydrogen-bond donors (Lipinski definition) is 1. The Bertz CT molecular complexity index is 400. The van der Waals surface area contributed by atoms with Crippen molar-refractivity contribution < 1.29 is 19.4 Å². The number of carbonyl (C=O) groups excluding carboxylic acids is 1. The van der Waals surface area contributed by atoms with Crippen molar-refractivity contribution in [2.75, 3.05) is 6.61 Å². The van der Waals surface area contributed by atoms with E-state index in [4.69, 9.17) is 14.6 Å². The van der Waals surface area contributed by atoms with Gasteiger partial charge >= 0.3 is 5.97 Å². The summed E-state index contributed by atoms with van der Waals surface area (Å²) in [4.78, 5) is 20.8. The molecule has 0 radical (unpaired) electrons. The maximum Gasteiger partial charge on any atom is 0.313 e. The van der Waals surface area contributed by atoms with E-state index in [0.29, 0.717) is 6.61 Å². The van der Waals surface area contributed by atoms with Crippen LogP contribution in [-0.2, 0) is 14.3 Å². The van der Waals surface area contributed by atoms with E-state index in [1.807, 2.05) is 0 Å². The summed E-state index contributed by atoms with van der Waals surface area (Å²) in [7, 11) is 0. The van der Waals surface area contributed by atoms with Crippen molar-refractivity contribution in [1.29, 1.82) is 0 Å². The van der Waals surface area contributed by atoms with Gasteiger partial charge in [0.1, 0.15) is 6.61 Å². The molecule has 0 aliphatic carbocycles. The van der Waals surface area contributed by atoms with Crippen LogP contribution < -0.4 is 0 Å². The maximum atomic E-state index is 11.8. The van der Waals surface area contributed by atoms with E-state index >= 15 is 0 Å². The van der Waals surface area contributed by atoms with E-state index in [2.05, 4.69) is 20.1 Å². The fourth-order valence-electron chi connectivity index (χ4n) is 3.14.